The average molecular weight is 567 g/mol. The SMILES string of the molecule is C[C@H]1O[C@@H](OC2CC[C@]3(C=O)[C@H]4CC(O)[C@]5(C)[C@@H](C6=CC(=O)OC6)CC[C@]5(O)[C@@H]4CCC3(O)C2)[C@H](O)[C@@H](O)[C@@H]1O. The summed E-state index contributed by atoms with van der Waals surface area (Å²) in [7, 11) is 0. The van der Waals surface area contributed by atoms with Gasteiger partial charge in [-0.05, 0) is 75.2 Å². The second-order valence-electron chi connectivity index (χ2n) is 13.5. The third-order valence-electron chi connectivity index (χ3n) is 12.1. The van der Waals surface area contributed by atoms with Crippen LogP contribution in [-0.4, -0.2) is 104 Å². The third-order valence-corrected chi connectivity index (χ3v) is 12.1. The summed E-state index contributed by atoms with van der Waals surface area (Å²) in [6, 6.07) is 0. The summed E-state index contributed by atoms with van der Waals surface area (Å²) in [6.45, 7) is 3.61. The largest absolute Gasteiger partial charge is 0.458 e. The fourth-order valence-corrected chi connectivity index (χ4v) is 9.74. The van der Waals surface area contributed by atoms with E-state index in [0.717, 1.165) is 11.9 Å². The van der Waals surface area contributed by atoms with E-state index in [2.05, 4.69) is 0 Å². The van der Waals surface area contributed by atoms with Gasteiger partial charge >= 0.3 is 5.97 Å². The van der Waals surface area contributed by atoms with Gasteiger partial charge in [0.2, 0.25) is 0 Å². The molecule has 0 bridgehead atoms. The number of carbonyl (C=O) groups excluding carboxylic acids is 2. The molecule has 4 saturated carbocycles. The van der Waals surface area contributed by atoms with Gasteiger partial charge < -0.3 is 49.6 Å². The Morgan fingerprint density at radius 3 is 2.42 bits per heavy atom. The van der Waals surface area contributed by atoms with E-state index in [9.17, 15) is 40.2 Å². The predicted octanol–water partition coefficient (Wildman–Crippen LogP) is -0.279. The minimum absolute atomic E-state index is 0.0926. The van der Waals surface area contributed by atoms with E-state index in [1.165, 1.54) is 6.08 Å². The number of rotatable bonds is 4. The summed E-state index contributed by atoms with van der Waals surface area (Å²) >= 11 is 0. The molecular formula is C29H42O11. The van der Waals surface area contributed by atoms with Crippen LogP contribution in [0.2, 0.25) is 0 Å². The van der Waals surface area contributed by atoms with Gasteiger partial charge in [-0.1, -0.05) is 6.92 Å². The summed E-state index contributed by atoms with van der Waals surface area (Å²) in [5.41, 5.74) is -4.09. The first kappa shape index (κ1) is 28.7. The second kappa shape index (κ2) is 9.54. The number of esters is 1. The standard InChI is InChI=1S/C29H42O11/c1-14-22(33)23(34)24(35)25(39-14)40-16-3-6-27(13-30)19-10-20(31)26(2)17(15-9-21(32)38-12-15)5-8-29(26,37)18(19)4-7-28(27,36)11-16/h9,13-14,16-20,22-25,31,33-37H,3-8,10-12H2,1-2H3/t14-,16?,17-,18-,19+,20?,22-,23+,24-,25+,26+,27+,28?,29+/m1/s1. The van der Waals surface area contributed by atoms with E-state index in [1.807, 2.05) is 6.92 Å². The van der Waals surface area contributed by atoms with E-state index in [-0.39, 0.29) is 44.1 Å². The van der Waals surface area contributed by atoms with Crippen LogP contribution in [0.5, 0.6) is 0 Å². The van der Waals surface area contributed by atoms with Gasteiger partial charge in [0.1, 0.15) is 31.2 Å². The molecule has 4 aliphatic carbocycles. The molecule has 0 aromatic carbocycles. The number of ether oxygens (including phenoxy) is 3. The molecule has 6 aliphatic rings. The molecule has 3 unspecified atom stereocenters. The van der Waals surface area contributed by atoms with E-state index >= 15 is 0 Å². The van der Waals surface area contributed by atoms with Crippen LogP contribution in [0.25, 0.3) is 0 Å². The van der Waals surface area contributed by atoms with Gasteiger partial charge in [-0.3, -0.25) is 0 Å². The lowest BCUT2D eigenvalue weighted by Crippen LogP contribution is -2.71. The first-order valence-electron chi connectivity index (χ1n) is 14.6. The Balaban J connectivity index is 1.25. The van der Waals surface area contributed by atoms with Crippen molar-refractivity contribution >= 4 is 12.3 Å². The lowest BCUT2D eigenvalue weighted by molar-refractivity contribution is -0.319. The lowest BCUT2D eigenvalue weighted by atomic mass is 9.41. The van der Waals surface area contributed by atoms with Crippen molar-refractivity contribution in [2.75, 3.05) is 6.61 Å². The van der Waals surface area contributed by atoms with Crippen LogP contribution in [0.4, 0.5) is 0 Å². The zero-order chi connectivity index (χ0) is 28.8. The smallest absolute Gasteiger partial charge is 0.331 e. The molecule has 0 aromatic rings. The van der Waals surface area contributed by atoms with Crippen LogP contribution >= 0.6 is 0 Å². The van der Waals surface area contributed by atoms with Gasteiger partial charge in [-0.25, -0.2) is 4.79 Å². The van der Waals surface area contributed by atoms with E-state index < -0.39 is 76.8 Å². The number of aldehydes is 1. The Labute approximate surface area is 233 Å². The molecule has 2 heterocycles. The molecule has 6 N–H and O–H groups in total. The third kappa shape index (κ3) is 3.71. The number of aliphatic hydroxyl groups excluding tert-OH is 4. The molecule has 0 radical (unpaired) electrons. The highest BCUT2D eigenvalue weighted by Gasteiger charge is 2.74. The van der Waals surface area contributed by atoms with Crippen LogP contribution in [0, 0.1) is 28.6 Å². The Kier molecular flexibility index (Phi) is 6.83. The summed E-state index contributed by atoms with van der Waals surface area (Å²) in [5.74, 6) is -1.42. The lowest BCUT2D eigenvalue weighted by Gasteiger charge is -2.66. The van der Waals surface area contributed by atoms with Crippen molar-refractivity contribution in [1.29, 1.82) is 0 Å². The number of cyclic esters (lactones) is 1. The van der Waals surface area contributed by atoms with Crippen molar-refractivity contribution in [2.45, 2.75) is 119 Å². The van der Waals surface area contributed by atoms with Gasteiger partial charge in [0.25, 0.3) is 0 Å². The highest BCUT2D eigenvalue weighted by atomic mass is 16.7. The van der Waals surface area contributed by atoms with Crippen LogP contribution in [0.15, 0.2) is 11.6 Å². The maximum absolute atomic E-state index is 13.0. The Morgan fingerprint density at radius 1 is 1.00 bits per heavy atom. The van der Waals surface area contributed by atoms with Crippen molar-refractivity contribution in [3.63, 3.8) is 0 Å². The molecule has 224 valence electrons. The van der Waals surface area contributed by atoms with E-state index in [1.54, 1.807) is 6.92 Å². The van der Waals surface area contributed by atoms with Crippen LogP contribution < -0.4 is 0 Å². The van der Waals surface area contributed by atoms with Gasteiger partial charge in [-0.2, -0.15) is 0 Å². The Hall–Kier alpha value is -1.44. The number of carbonyl (C=O) groups is 2. The summed E-state index contributed by atoms with van der Waals surface area (Å²) in [6.07, 6.45) is -2.70. The highest BCUT2D eigenvalue weighted by molar-refractivity contribution is 5.85. The molecule has 14 atom stereocenters. The Morgan fingerprint density at radius 2 is 1.75 bits per heavy atom. The maximum Gasteiger partial charge on any atom is 0.331 e. The van der Waals surface area contributed by atoms with Crippen molar-refractivity contribution in [1.82, 2.24) is 0 Å². The molecule has 0 amide bonds. The van der Waals surface area contributed by atoms with Crippen molar-refractivity contribution < 1.29 is 54.4 Å². The van der Waals surface area contributed by atoms with E-state index in [0.29, 0.717) is 25.7 Å². The van der Waals surface area contributed by atoms with Crippen LogP contribution in [-0.2, 0) is 23.8 Å². The average Bonchev–Trinajstić information content (AvgIpc) is 3.46. The minimum atomic E-state index is -1.47. The molecule has 0 spiro atoms. The number of fused-ring (bicyclic) bond motifs is 5. The normalized spacial score (nSPS) is 56.0. The molecule has 11 nitrogen and oxygen atoms in total. The molecule has 5 fully saturated rings. The predicted molar refractivity (Wildman–Crippen MR) is 136 cm³/mol. The van der Waals surface area contributed by atoms with Crippen molar-refractivity contribution in [3.8, 4) is 0 Å². The maximum atomic E-state index is 13.0. The Bertz CT molecular complexity index is 1080. The molecule has 6 rings (SSSR count). The number of hydrogen-bond acceptors (Lipinski definition) is 11. The summed E-state index contributed by atoms with van der Waals surface area (Å²) in [4.78, 5) is 24.8. The van der Waals surface area contributed by atoms with Crippen LogP contribution in [0.1, 0.15) is 65.2 Å². The van der Waals surface area contributed by atoms with Crippen molar-refractivity contribution in [3.05, 3.63) is 11.6 Å². The highest BCUT2D eigenvalue weighted by Crippen LogP contribution is 2.70. The van der Waals surface area contributed by atoms with Crippen LogP contribution in [0.3, 0.4) is 0 Å². The quantitative estimate of drug-likeness (QED) is 0.149. The molecule has 2 aliphatic heterocycles. The fraction of sp³-hybridized carbons (Fsp3) is 0.862. The first-order valence-corrected chi connectivity index (χ1v) is 14.6. The first-order chi connectivity index (χ1) is 18.8. The number of aliphatic hydroxyl groups is 6. The molecule has 1 saturated heterocycles. The summed E-state index contributed by atoms with van der Waals surface area (Å²) < 4.78 is 16.8. The van der Waals surface area contributed by atoms with Crippen molar-refractivity contribution in [2.24, 2.45) is 28.6 Å². The second-order valence-corrected chi connectivity index (χ2v) is 13.5. The fourth-order valence-electron chi connectivity index (χ4n) is 9.74. The minimum Gasteiger partial charge on any atom is -0.458 e. The molecular weight excluding hydrogens is 524 g/mol. The molecule has 0 aromatic heterocycles. The monoisotopic (exact) mass is 566 g/mol. The number of hydrogen-bond donors (Lipinski definition) is 6. The zero-order valence-corrected chi connectivity index (χ0v) is 23.0. The van der Waals surface area contributed by atoms with Gasteiger partial charge in [0.15, 0.2) is 6.29 Å². The van der Waals surface area contributed by atoms with Gasteiger partial charge in [0.05, 0.1) is 34.9 Å². The molecule has 11 heteroatoms. The van der Waals surface area contributed by atoms with E-state index in [4.69, 9.17) is 14.2 Å². The van der Waals surface area contributed by atoms with Gasteiger partial charge in [0, 0.05) is 17.9 Å². The molecule has 40 heavy (non-hydrogen) atoms. The van der Waals surface area contributed by atoms with Gasteiger partial charge in [-0.15, -0.1) is 0 Å². The summed E-state index contributed by atoms with van der Waals surface area (Å²) in [5, 5.41) is 66.7. The topological polar surface area (TPSA) is 183 Å². The zero-order valence-electron chi connectivity index (χ0n) is 23.0.